The van der Waals surface area contributed by atoms with Crippen LogP contribution in [0.25, 0.3) is 0 Å². The first-order valence-corrected chi connectivity index (χ1v) is 11.7. The van der Waals surface area contributed by atoms with E-state index in [1.54, 1.807) is 18.2 Å². The van der Waals surface area contributed by atoms with E-state index in [2.05, 4.69) is 10.2 Å². The summed E-state index contributed by atoms with van der Waals surface area (Å²) < 4.78 is 52.5. The Hall–Kier alpha value is -2.90. The van der Waals surface area contributed by atoms with Crippen LogP contribution < -0.4 is 5.32 Å². The van der Waals surface area contributed by atoms with Crippen molar-refractivity contribution in [3.8, 4) is 0 Å². The fraction of sp³-hybridized carbons (Fsp3) is 0.296. The molecule has 0 aromatic heterocycles. The Labute approximate surface area is 206 Å². The van der Waals surface area contributed by atoms with E-state index in [4.69, 9.17) is 11.6 Å². The van der Waals surface area contributed by atoms with Crippen molar-refractivity contribution in [2.75, 3.05) is 13.1 Å². The Kier molecular flexibility index (Phi) is 7.77. The summed E-state index contributed by atoms with van der Waals surface area (Å²) in [5.41, 5.74) is 1.51. The van der Waals surface area contributed by atoms with Crippen molar-refractivity contribution in [3.05, 3.63) is 106 Å². The van der Waals surface area contributed by atoms with Crippen LogP contribution in [-0.2, 0) is 24.1 Å². The van der Waals surface area contributed by atoms with Crippen molar-refractivity contribution in [2.24, 2.45) is 5.92 Å². The highest BCUT2D eigenvalue weighted by atomic mass is 35.5. The first kappa shape index (κ1) is 25.2. The molecule has 35 heavy (non-hydrogen) atoms. The normalized spacial score (nSPS) is 18.9. The molecule has 1 aliphatic rings. The number of carbonyl (C=O) groups excluding carboxylic acids is 1. The van der Waals surface area contributed by atoms with Crippen LogP contribution in [0.15, 0.2) is 72.8 Å². The first-order chi connectivity index (χ1) is 16.7. The second-order valence-electron chi connectivity index (χ2n) is 8.88. The second-order valence-corrected chi connectivity index (χ2v) is 9.29. The minimum Gasteiger partial charge on any atom is -0.352 e. The van der Waals surface area contributed by atoms with Gasteiger partial charge in [-0.05, 0) is 59.4 Å². The molecule has 0 radical (unpaired) electrons. The molecule has 3 nitrogen and oxygen atoms in total. The predicted octanol–water partition coefficient (Wildman–Crippen LogP) is 6.42. The molecule has 1 fully saturated rings. The number of alkyl halides is 3. The number of halogens is 5. The van der Waals surface area contributed by atoms with Crippen LogP contribution in [0.5, 0.6) is 0 Å². The van der Waals surface area contributed by atoms with Gasteiger partial charge in [0.25, 0.3) is 0 Å². The summed E-state index contributed by atoms with van der Waals surface area (Å²) in [6.45, 7) is 1.71. The van der Waals surface area contributed by atoms with Gasteiger partial charge in [0.1, 0.15) is 5.82 Å². The van der Waals surface area contributed by atoms with Crippen molar-refractivity contribution in [1.82, 2.24) is 10.2 Å². The van der Waals surface area contributed by atoms with Crippen LogP contribution in [0.1, 0.15) is 34.6 Å². The van der Waals surface area contributed by atoms with Gasteiger partial charge in [-0.2, -0.15) is 13.2 Å². The van der Waals surface area contributed by atoms with Gasteiger partial charge in [0.05, 0.1) is 11.5 Å². The minimum atomic E-state index is -4.44. The number of nitrogens with zero attached hydrogens (tertiary/aromatic N) is 1. The highest BCUT2D eigenvalue weighted by Gasteiger charge is 2.33. The molecule has 1 amide bonds. The van der Waals surface area contributed by atoms with Gasteiger partial charge in [0.2, 0.25) is 5.91 Å². The molecular weight excluding hydrogens is 480 g/mol. The highest BCUT2D eigenvalue weighted by Crippen LogP contribution is 2.33. The van der Waals surface area contributed by atoms with Crippen molar-refractivity contribution in [3.63, 3.8) is 0 Å². The van der Waals surface area contributed by atoms with E-state index in [1.807, 2.05) is 24.3 Å². The molecule has 1 heterocycles. The molecule has 0 bridgehead atoms. The molecule has 3 aromatic rings. The van der Waals surface area contributed by atoms with Gasteiger partial charge in [0.15, 0.2) is 0 Å². The topological polar surface area (TPSA) is 32.3 Å². The molecule has 1 aliphatic heterocycles. The summed E-state index contributed by atoms with van der Waals surface area (Å²) >= 11 is 6.35. The second kappa shape index (κ2) is 10.8. The van der Waals surface area contributed by atoms with Gasteiger partial charge in [-0.1, -0.05) is 54.1 Å². The van der Waals surface area contributed by atoms with Crippen LogP contribution in [0.3, 0.4) is 0 Å². The SMILES string of the molecule is O=C(NCc1cccc(C(F)(F)F)c1)[C@H]1C[C@H](c2ccc(F)cc2)CN(Cc2ccccc2Cl)C1. The molecule has 1 N–H and O–H groups in total. The molecule has 184 valence electrons. The number of hydrogen-bond acceptors (Lipinski definition) is 2. The standard InChI is InChI=1S/C27H25ClF4N2O/c28-25-7-2-1-5-20(25)15-34-16-21(19-8-10-24(29)11-9-19)13-22(17-34)26(35)33-14-18-4-3-6-23(12-18)27(30,31)32/h1-12,21-22H,13-17H2,(H,33,35)/t21-,22-/m0/s1. The third-order valence-corrected chi connectivity index (χ3v) is 6.68. The van der Waals surface area contributed by atoms with E-state index in [0.29, 0.717) is 36.6 Å². The lowest BCUT2D eigenvalue weighted by Crippen LogP contribution is -2.45. The lowest BCUT2D eigenvalue weighted by Gasteiger charge is -2.37. The van der Waals surface area contributed by atoms with Crippen molar-refractivity contribution >= 4 is 17.5 Å². The molecule has 1 saturated heterocycles. The van der Waals surface area contributed by atoms with Gasteiger partial charge in [-0.15, -0.1) is 0 Å². The average molecular weight is 505 g/mol. The number of likely N-dealkylation sites (tertiary alicyclic amines) is 1. The maximum atomic E-state index is 13.5. The molecule has 0 unspecified atom stereocenters. The Balaban J connectivity index is 1.49. The van der Waals surface area contributed by atoms with Crippen LogP contribution in [0.2, 0.25) is 5.02 Å². The Bertz CT molecular complexity index is 1170. The number of carbonyl (C=O) groups is 1. The minimum absolute atomic E-state index is 0.00357. The van der Waals surface area contributed by atoms with Gasteiger partial charge in [-0.3, -0.25) is 9.69 Å². The van der Waals surface area contributed by atoms with Crippen molar-refractivity contribution in [1.29, 1.82) is 0 Å². The molecular formula is C27H25ClF4N2O. The van der Waals surface area contributed by atoms with E-state index in [9.17, 15) is 22.4 Å². The lowest BCUT2D eigenvalue weighted by atomic mass is 9.83. The molecule has 8 heteroatoms. The number of nitrogens with one attached hydrogen (secondary N) is 1. The van der Waals surface area contributed by atoms with Crippen LogP contribution in [-0.4, -0.2) is 23.9 Å². The fourth-order valence-electron chi connectivity index (χ4n) is 4.54. The summed E-state index contributed by atoms with van der Waals surface area (Å²) in [7, 11) is 0. The summed E-state index contributed by atoms with van der Waals surface area (Å²) in [6.07, 6.45) is -3.88. The molecule has 0 saturated carbocycles. The van der Waals surface area contributed by atoms with E-state index >= 15 is 0 Å². The third kappa shape index (κ3) is 6.61. The smallest absolute Gasteiger partial charge is 0.352 e. The van der Waals surface area contributed by atoms with Crippen molar-refractivity contribution < 1.29 is 22.4 Å². The van der Waals surface area contributed by atoms with Gasteiger partial charge in [0, 0.05) is 31.2 Å². The zero-order valence-corrected chi connectivity index (χ0v) is 19.6. The zero-order valence-electron chi connectivity index (χ0n) is 18.9. The van der Waals surface area contributed by atoms with E-state index in [0.717, 1.165) is 23.3 Å². The number of hydrogen-bond donors (Lipinski definition) is 1. The van der Waals surface area contributed by atoms with Crippen LogP contribution in [0, 0.1) is 11.7 Å². The Morgan fingerprint density at radius 1 is 1.00 bits per heavy atom. The number of amides is 1. The Morgan fingerprint density at radius 2 is 1.74 bits per heavy atom. The zero-order chi connectivity index (χ0) is 25.0. The van der Waals surface area contributed by atoms with Crippen LogP contribution >= 0.6 is 11.6 Å². The number of benzene rings is 3. The van der Waals surface area contributed by atoms with Gasteiger partial charge >= 0.3 is 6.18 Å². The van der Waals surface area contributed by atoms with Crippen LogP contribution in [0.4, 0.5) is 17.6 Å². The monoisotopic (exact) mass is 504 g/mol. The largest absolute Gasteiger partial charge is 0.416 e. The van der Waals surface area contributed by atoms with E-state index < -0.39 is 11.7 Å². The summed E-state index contributed by atoms with van der Waals surface area (Å²) in [5.74, 6) is -0.936. The first-order valence-electron chi connectivity index (χ1n) is 11.3. The third-order valence-electron chi connectivity index (χ3n) is 6.31. The summed E-state index contributed by atoms with van der Waals surface area (Å²) in [5, 5.41) is 3.45. The molecule has 0 aliphatic carbocycles. The summed E-state index contributed by atoms with van der Waals surface area (Å²) in [6, 6.07) is 18.7. The maximum absolute atomic E-state index is 13.5. The summed E-state index contributed by atoms with van der Waals surface area (Å²) in [4.78, 5) is 15.2. The lowest BCUT2D eigenvalue weighted by molar-refractivity contribution is -0.137. The predicted molar refractivity (Wildman–Crippen MR) is 127 cm³/mol. The number of piperidine rings is 1. The van der Waals surface area contributed by atoms with Gasteiger partial charge < -0.3 is 5.32 Å². The number of rotatable bonds is 6. The quantitative estimate of drug-likeness (QED) is 0.393. The molecule has 2 atom stereocenters. The highest BCUT2D eigenvalue weighted by molar-refractivity contribution is 6.31. The molecule has 4 rings (SSSR count). The Morgan fingerprint density at radius 3 is 2.46 bits per heavy atom. The van der Waals surface area contributed by atoms with E-state index in [1.165, 1.54) is 18.2 Å². The average Bonchev–Trinajstić information content (AvgIpc) is 2.84. The molecule has 0 spiro atoms. The maximum Gasteiger partial charge on any atom is 0.416 e. The van der Waals surface area contributed by atoms with E-state index in [-0.39, 0.29) is 30.1 Å². The van der Waals surface area contributed by atoms with Gasteiger partial charge in [-0.25, -0.2) is 4.39 Å². The fourth-order valence-corrected chi connectivity index (χ4v) is 4.74. The molecule has 3 aromatic carbocycles. The van der Waals surface area contributed by atoms with Crippen molar-refractivity contribution in [2.45, 2.75) is 31.6 Å².